The van der Waals surface area contributed by atoms with Crippen LogP contribution in [0.2, 0.25) is 0 Å². The Kier molecular flexibility index (Phi) is 20.3. The lowest BCUT2D eigenvalue weighted by Crippen LogP contribution is -2.23. The highest BCUT2D eigenvalue weighted by Crippen LogP contribution is 2.14. The number of carbonyl (C=O) groups excluding carboxylic acids is 1. The van der Waals surface area contributed by atoms with E-state index in [0.717, 1.165) is 19.3 Å². The smallest absolute Gasteiger partial charge is 0.334 e. The molecule has 0 fully saturated rings. The number of ether oxygens (including phenoxy) is 1. The maximum absolute atomic E-state index is 11.4. The van der Waals surface area contributed by atoms with E-state index in [1.54, 1.807) is 0 Å². The molecular formula is C23H46O3. The van der Waals surface area contributed by atoms with Gasteiger partial charge in [-0.3, -0.25) is 0 Å². The van der Waals surface area contributed by atoms with Crippen molar-refractivity contribution in [3.05, 3.63) is 0 Å². The Morgan fingerprint density at radius 1 is 0.654 bits per heavy atom. The van der Waals surface area contributed by atoms with Crippen molar-refractivity contribution >= 4 is 5.97 Å². The molecule has 3 heteroatoms. The minimum atomic E-state index is -0.923. The van der Waals surface area contributed by atoms with Crippen LogP contribution in [0, 0.1) is 0 Å². The lowest BCUT2D eigenvalue weighted by molar-refractivity contribution is -0.153. The van der Waals surface area contributed by atoms with Crippen molar-refractivity contribution < 1.29 is 14.6 Å². The fraction of sp³-hybridized carbons (Fsp3) is 0.957. The van der Waals surface area contributed by atoms with Gasteiger partial charge in [-0.2, -0.15) is 0 Å². The molecule has 1 N–H and O–H groups in total. The van der Waals surface area contributed by atoms with Gasteiger partial charge in [0.1, 0.15) is 0 Å². The zero-order chi connectivity index (χ0) is 19.3. The Labute approximate surface area is 163 Å². The van der Waals surface area contributed by atoms with E-state index < -0.39 is 12.1 Å². The predicted octanol–water partition coefficient (Wildman–Crippen LogP) is 6.95. The summed E-state index contributed by atoms with van der Waals surface area (Å²) in [6.45, 7) is 4.64. The number of hydrogen-bond acceptors (Lipinski definition) is 3. The monoisotopic (exact) mass is 370 g/mol. The highest BCUT2D eigenvalue weighted by atomic mass is 16.5. The van der Waals surface area contributed by atoms with Crippen molar-refractivity contribution in [3.8, 4) is 0 Å². The third kappa shape index (κ3) is 18.2. The number of rotatable bonds is 20. The number of carbonyl (C=O) groups is 1. The van der Waals surface area contributed by atoms with Crippen LogP contribution in [-0.4, -0.2) is 23.8 Å². The first kappa shape index (κ1) is 25.4. The van der Waals surface area contributed by atoms with E-state index in [-0.39, 0.29) is 0 Å². The van der Waals surface area contributed by atoms with Crippen molar-refractivity contribution in [2.24, 2.45) is 0 Å². The Morgan fingerprint density at radius 3 is 1.42 bits per heavy atom. The van der Waals surface area contributed by atoms with Crippen LogP contribution >= 0.6 is 0 Å². The van der Waals surface area contributed by atoms with E-state index in [9.17, 15) is 9.90 Å². The lowest BCUT2D eigenvalue weighted by Gasteiger charge is -2.09. The minimum Gasteiger partial charge on any atom is -0.464 e. The van der Waals surface area contributed by atoms with Crippen LogP contribution in [0.25, 0.3) is 0 Å². The third-order valence-electron chi connectivity index (χ3n) is 5.05. The second kappa shape index (κ2) is 20.7. The van der Waals surface area contributed by atoms with Gasteiger partial charge >= 0.3 is 5.97 Å². The summed E-state index contributed by atoms with van der Waals surface area (Å²) in [5, 5.41) is 9.69. The number of aliphatic hydroxyl groups excluding tert-OH is 1. The van der Waals surface area contributed by atoms with Gasteiger partial charge in [0.25, 0.3) is 0 Å². The summed E-state index contributed by atoms with van der Waals surface area (Å²) < 4.78 is 4.94. The molecule has 0 aromatic rings. The summed E-state index contributed by atoms with van der Waals surface area (Å²) in [6.07, 6.45) is 21.8. The van der Waals surface area contributed by atoms with Gasteiger partial charge < -0.3 is 9.84 Å². The second-order valence-electron chi connectivity index (χ2n) is 7.78. The lowest BCUT2D eigenvalue weighted by atomic mass is 10.0. The molecule has 0 aliphatic heterocycles. The molecule has 1 atom stereocenters. The number of esters is 1. The van der Waals surface area contributed by atoms with E-state index in [1.807, 2.05) is 6.92 Å². The van der Waals surface area contributed by atoms with Crippen molar-refractivity contribution in [2.75, 3.05) is 6.61 Å². The van der Waals surface area contributed by atoms with Gasteiger partial charge in [-0.05, 0) is 12.8 Å². The van der Waals surface area contributed by atoms with E-state index in [0.29, 0.717) is 13.0 Å². The minimum absolute atomic E-state index is 0.412. The number of hydrogen-bond donors (Lipinski definition) is 1. The summed E-state index contributed by atoms with van der Waals surface area (Å²) in [6, 6.07) is 0. The fourth-order valence-electron chi connectivity index (χ4n) is 3.30. The quantitative estimate of drug-likeness (QED) is 0.186. The van der Waals surface area contributed by atoms with Crippen molar-refractivity contribution in [1.82, 2.24) is 0 Å². The van der Waals surface area contributed by atoms with E-state index in [2.05, 4.69) is 6.92 Å². The van der Waals surface area contributed by atoms with Crippen molar-refractivity contribution in [2.45, 2.75) is 136 Å². The normalized spacial score (nSPS) is 12.3. The van der Waals surface area contributed by atoms with Crippen LogP contribution in [0.15, 0.2) is 0 Å². The molecule has 3 nitrogen and oxygen atoms in total. The predicted molar refractivity (Wildman–Crippen MR) is 111 cm³/mol. The highest BCUT2D eigenvalue weighted by molar-refractivity contribution is 5.74. The maximum Gasteiger partial charge on any atom is 0.334 e. The van der Waals surface area contributed by atoms with Crippen LogP contribution in [0.3, 0.4) is 0 Å². The zero-order valence-corrected chi connectivity index (χ0v) is 17.8. The van der Waals surface area contributed by atoms with Crippen molar-refractivity contribution in [1.29, 1.82) is 0 Å². The van der Waals surface area contributed by atoms with E-state index in [1.165, 1.54) is 89.9 Å². The van der Waals surface area contributed by atoms with Gasteiger partial charge in [-0.15, -0.1) is 0 Å². The first-order chi connectivity index (χ1) is 12.7. The molecular weight excluding hydrogens is 324 g/mol. The summed E-state index contributed by atoms with van der Waals surface area (Å²) in [5.74, 6) is -0.451. The molecule has 0 amide bonds. The molecule has 0 heterocycles. The standard InChI is InChI=1S/C23H46O3/c1-3-5-6-7-8-9-10-11-12-13-14-15-16-17-18-19-20-22(24)23(25)26-21-4-2/h22,24H,3-21H2,1-2H3. The average Bonchev–Trinajstić information content (AvgIpc) is 2.65. The Bertz CT molecular complexity index is 291. The summed E-state index contributed by atoms with van der Waals surface area (Å²) in [4.78, 5) is 11.4. The molecule has 0 saturated heterocycles. The van der Waals surface area contributed by atoms with Crippen LogP contribution in [-0.2, 0) is 9.53 Å². The second-order valence-corrected chi connectivity index (χ2v) is 7.78. The maximum atomic E-state index is 11.4. The molecule has 0 rings (SSSR count). The highest BCUT2D eigenvalue weighted by Gasteiger charge is 2.15. The van der Waals surface area contributed by atoms with Crippen LogP contribution < -0.4 is 0 Å². The van der Waals surface area contributed by atoms with Gasteiger partial charge in [0, 0.05) is 0 Å². The molecule has 0 aromatic heterocycles. The summed E-state index contributed by atoms with van der Waals surface area (Å²) in [5.41, 5.74) is 0. The van der Waals surface area contributed by atoms with Gasteiger partial charge in [-0.1, -0.05) is 117 Å². The molecule has 0 radical (unpaired) electrons. The molecule has 26 heavy (non-hydrogen) atoms. The van der Waals surface area contributed by atoms with E-state index in [4.69, 9.17) is 4.74 Å². The molecule has 0 aliphatic rings. The van der Waals surface area contributed by atoms with Crippen LogP contribution in [0.1, 0.15) is 129 Å². The van der Waals surface area contributed by atoms with Gasteiger partial charge in [0.15, 0.2) is 6.10 Å². The first-order valence-electron chi connectivity index (χ1n) is 11.6. The number of aliphatic hydroxyl groups is 1. The fourth-order valence-corrected chi connectivity index (χ4v) is 3.30. The molecule has 0 spiro atoms. The molecule has 0 saturated carbocycles. The Hall–Kier alpha value is -0.570. The zero-order valence-electron chi connectivity index (χ0n) is 17.8. The SMILES string of the molecule is CCCCCCCCCCCCCCCCCCC(O)C(=O)OCCC. The largest absolute Gasteiger partial charge is 0.464 e. The van der Waals surface area contributed by atoms with Gasteiger partial charge in [0.05, 0.1) is 6.61 Å². The average molecular weight is 371 g/mol. The molecule has 0 aromatic carbocycles. The van der Waals surface area contributed by atoms with Crippen molar-refractivity contribution in [3.63, 3.8) is 0 Å². The molecule has 156 valence electrons. The van der Waals surface area contributed by atoms with E-state index >= 15 is 0 Å². The molecule has 0 aliphatic carbocycles. The summed E-state index contributed by atoms with van der Waals surface area (Å²) >= 11 is 0. The first-order valence-corrected chi connectivity index (χ1v) is 11.6. The third-order valence-corrected chi connectivity index (χ3v) is 5.05. The topological polar surface area (TPSA) is 46.5 Å². The van der Waals surface area contributed by atoms with Gasteiger partial charge in [0.2, 0.25) is 0 Å². The Balaban J connectivity index is 3.16. The Morgan fingerprint density at radius 2 is 1.04 bits per heavy atom. The van der Waals surface area contributed by atoms with Gasteiger partial charge in [-0.25, -0.2) is 4.79 Å². The van der Waals surface area contributed by atoms with Crippen LogP contribution in [0.5, 0.6) is 0 Å². The summed E-state index contributed by atoms with van der Waals surface area (Å²) in [7, 11) is 0. The molecule has 1 unspecified atom stereocenters. The number of unbranched alkanes of at least 4 members (excludes halogenated alkanes) is 15. The van der Waals surface area contributed by atoms with Crippen LogP contribution in [0.4, 0.5) is 0 Å². The molecule has 0 bridgehead atoms.